The van der Waals surface area contributed by atoms with Gasteiger partial charge in [-0.3, -0.25) is 0 Å². The van der Waals surface area contributed by atoms with Gasteiger partial charge in [-0.1, -0.05) is 38.1 Å². The van der Waals surface area contributed by atoms with Crippen molar-refractivity contribution in [3.63, 3.8) is 0 Å². The molecular formula is C11H17N. The molecule has 0 heterocycles. The molecule has 0 unspecified atom stereocenters. The van der Waals surface area contributed by atoms with Crippen molar-refractivity contribution in [3.8, 4) is 0 Å². The molecule has 0 amide bonds. The van der Waals surface area contributed by atoms with Gasteiger partial charge in [0.25, 0.3) is 0 Å². The lowest BCUT2D eigenvalue weighted by Gasteiger charge is -2.02. The zero-order valence-corrected chi connectivity index (χ0v) is 7.93. The molecular weight excluding hydrogens is 146 g/mol. The molecule has 1 nitrogen and oxygen atoms in total. The summed E-state index contributed by atoms with van der Waals surface area (Å²) in [5.41, 5.74) is 2.78. The predicted molar refractivity (Wildman–Crippen MR) is 53.2 cm³/mol. The topological polar surface area (TPSA) is 12.0 Å². The van der Waals surface area contributed by atoms with Crippen LogP contribution in [0, 0.1) is 0 Å². The van der Waals surface area contributed by atoms with Gasteiger partial charge >= 0.3 is 0 Å². The number of nitrogens with one attached hydrogen (secondary N) is 1. The Balaban J connectivity index is 2.53. The van der Waals surface area contributed by atoms with E-state index in [1.165, 1.54) is 11.1 Å². The Morgan fingerprint density at radius 2 is 1.58 bits per heavy atom. The summed E-state index contributed by atoms with van der Waals surface area (Å²) in [7, 11) is 0. The van der Waals surface area contributed by atoms with E-state index in [-0.39, 0.29) is 0 Å². The summed E-state index contributed by atoms with van der Waals surface area (Å²) in [5, 5.41) is 3.30. The Bertz CT molecular complexity index is 213. The van der Waals surface area contributed by atoms with Crippen LogP contribution in [0.25, 0.3) is 0 Å². The highest BCUT2D eigenvalue weighted by molar-refractivity contribution is 5.22. The zero-order valence-electron chi connectivity index (χ0n) is 7.93. The third-order valence-electron chi connectivity index (χ3n) is 2.01. The van der Waals surface area contributed by atoms with E-state index in [2.05, 4.69) is 43.4 Å². The summed E-state index contributed by atoms with van der Waals surface area (Å²) < 4.78 is 0. The van der Waals surface area contributed by atoms with Crippen LogP contribution >= 0.6 is 0 Å². The van der Waals surface area contributed by atoms with Gasteiger partial charge in [-0.25, -0.2) is 0 Å². The van der Waals surface area contributed by atoms with Crippen LogP contribution < -0.4 is 5.32 Å². The van der Waals surface area contributed by atoms with Crippen molar-refractivity contribution < 1.29 is 0 Å². The van der Waals surface area contributed by atoms with E-state index in [0.29, 0.717) is 0 Å². The lowest BCUT2D eigenvalue weighted by Crippen LogP contribution is -2.11. The second kappa shape index (κ2) is 4.94. The highest BCUT2D eigenvalue weighted by Gasteiger charge is 1.91. The molecule has 0 saturated heterocycles. The van der Waals surface area contributed by atoms with E-state index >= 15 is 0 Å². The van der Waals surface area contributed by atoms with Crippen LogP contribution in [-0.2, 0) is 13.0 Å². The van der Waals surface area contributed by atoms with Gasteiger partial charge in [0, 0.05) is 6.54 Å². The molecule has 1 rings (SSSR count). The van der Waals surface area contributed by atoms with Crippen LogP contribution in [0.1, 0.15) is 25.0 Å². The highest BCUT2D eigenvalue weighted by Crippen LogP contribution is 2.04. The van der Waals surface area contributed by atoms with Crippen molar-refractivity contribution in [3.05, 3.63) is 35.4 Å². The first-order chi connectivity index (χ1) is 5.86. The summed E-state index contributed by atoms with van der Waals surface area (Å²) in [5.74, 6) is 0. The van der Waals surface area contributed by atoms with E-state index in [9.17, 15) is 0 Å². The van der Waals surface area contributed by atoms with Gasteiger partial charge < -0.3 is 5.32 Å². The second-order valence-corrected chi connectivity index (χ2v) is 2.95. The van der Waals surface area contributed by atoms with Crippen LogP contribution in [0.15, 0.2) is 24.3 Å². The smallest absolute Gasteiger partial charge is 0.0205 e. The fraction of sp³-hybridized carbons (Fsp3) is 0.455. The minimum absolute atomic E-state index is 0.987. The third kappa shape index (κ3) is 2.67. The van der Waals surface area contributed by atoms with Gasteiger partial charge in [-0.05, 0) is 24.1 Å². The standard InChI is InChI=1S/C11H17N/c1-3-10-5-7-11(8-6-10)9-12-4-2/h5-8,12H,3-4,9H2,1-2H3. The summed E-state index contributed by atoms with van der Waals surface area (Å²) in [4.78, 5) is 0. The van der Waals surface area contributed by atoms with Gasteiger partial charge in [-0.2, -0.15) is 0 Å². The maximum absolute atomic E-state index is 3.30. The van der Waals surface area contributed by atoms with Crippen LogP contribution in [0.5, 0.6) is 0 Å². The molecule has 0 atom stereocenters. The third-order valence-corrected chi connectivity index (χ3v) is 2.01. The predicted octanol–water partition coefficient (Wildman–Crippen LogP) is 2.36. The second-order valence-electron chi connectivity index (χ2n) is 2.95. The molecule has 0 spiro atoms. The first-order valence-electron chi connectivity index (χ1n) is 4.65. The maximum Gasteiger partial charge on any atom is 0.0205 e. The van der Waals surface area contributed by atoms with Crippen molar-refractivity contribution in [2.45, 2.75) is 26.8 Å². The monoisotopic (exact) mass is 163 g/mol. The van der Waals surface area contributed by atoms with Gasteiger partial charge in [0.1, 0.15) is 0 Å². The molecule has 0 bridgehead atoms. The van der Waals surface area contributed by atoms with Gasteiger partial charge in [0.05, 0.1) is 0 Å². The average Bonchev–Trinajstić information content (AvgIpc) is 2.15. The molecule has 1 heteroatoms. The van der Waals surface area contributed by atoms with Crippen LogP contribution in [0.2, 0.25) is 0 Å². The number of aryl methyl sites for hydroxylation is 1. The summed E-state index contributed by atoms with van der Waals surface area (Å²) in [6.07, 6.45) is 1.13. The fourth-order valence-corrected chi connectivity index (χ4v) is 1.16. The lowest BCUT2D eigenvalue weighted by molar-refractivity contribution is 0.726. The number of rotatable bonds is 4. The molecule has 1 aromatic rings. The Hall–Kier alpha value is -0.820. The van der Waals surface area contributed by atoms with E-state index in [1.807, 2.05) is 0 Å². The molecule has 0 aromatic heterocycles. The lowest BCUT2D eigenvalue weighted by atomic mass is 10.1. The van der Waals surface area contributed by atoms with E-state index < -0.39 is 0 Å². The Kier molecular flexibility index (Phi) is 3.81. The van der Waals surface area contributed by atoms with Crippen molar-refractivity contribution in [1.82, 2.24) is 5.32 Å². The Morgan fingerprint density at radius 1 is 1.00 bits per heavy atom. The number of hydrogen-bond acceptors (Lipinski definition) is 1. The van der Waals surface area contributed by atoms with Crippen LogP contribution in [0.4, 0.5) is 0 Å². The van der Waals surface area contributed by atoms with Crippen molar-refractivity contribution in [2.75, 3.05) is 6.54 Å². The molecule has 0 saturated carbocycles. The summed E-state index contributed by atoms with van der Waals surface area (Å²) in [6, 6.07) is 8.79. The molecule has 0 aliphatic heterocycles. The summed E-state index contributed by atoms with van der Waals surface area (Å²) >= 11 is 0. The van der Waals surface area contributed by atoms with E-state index in [0.717, 1.165) is 19.5 Å². The molecule has 66 valence electrons. The van der Waals surface area contributed by atoms with Crippen molar-refractivity contribution in [2.24, 2.45) is 0 Å². The molecule has 0 aliphatic carbocycles. The molecule has 0 radical (unpaired) electrons. The van der Waals surface area contributed by atoms with Gasteiger partial charge in [0.15, 0.2) is 0 Å². The quantitative estimate of drug-likeness (QED) is 0.718. The van der Waals surface area contributed by atoms with Gasteiger partial charge in [-0.15, -0.1) is 0 Å². The maximum atomic E-state index is 3.30. The summed E-state index contributed by atoms with van der Waals surface area (Å²) in [6.45, 7) is 6.33. The van der Waals surface area contributed by atoms with Crippen molar-refractivity contribution in [1.29, 1.82) is 0 Å². The number of benzene rings is 1. The van der Waals surface area contributed by atoms with Crippen LogP contribution in [0.3, 0.4) is 0 Å². The van der Waals surface area contributed by atoms with Crippen molar-refractivity contribution >= 4 is 0 Å². The largest absolute Gasteiger partial charge is 0.313 e. The van der Waals surface area contributed by atoms with Gasteiger partial charge in [0.2, 0.25) is 0 Å². The molecule has 12 heavy (non-hydrogen) atoms. The SMILES string of the molecule is CCNCc1ccc(CC)cc1. The first-order valence-corrected chi connectivity index (χ1v) is 4.65. The number of hydrogen-bond donors (Lipinski definition) is 1. The molecule has 1 N–H and O–H groups in total. The Labute approximate surface area is 74.8 Å². The van der Waals surface area contributed by atoms with Crippen LogP contribution in [-0.4, -0.2) is 6.54 Å². The fourth-order valence-electron chi connectivity index (χ4n) is 1.16. The molecule has 1 aromatic carbocycles. The van der Waals surface area contributed by atoms with E-state index in [1.54, 1.807) is 0 Å². The Morgan fingerprint density at radius 3 is 2.08 bits per heavy atom. The zero-order chi connectivity index (χ0) is 8.81. The molecule has 0 aliphatic rings. The minimum atomic E-state index is 0.987. The first kappa shape index (κ1) is 9.27. The minimum Gasteiger partial charge on any atom is -0.313 e. The average molecular weight is 163 g/mol. The normalized spacial score (nSPS) is 10.2. The highest BCUT2D eigenvalue weighted by atomic mass is 14.8. The molecule has 0 fully saturated rings. The van der Waals surface area contributed by atoms with E-state index in [4.69, 9.17) is 0 Å².